The number of amides is 3. The topological polar surface area (TPSA) is 107 Å². The summed E-state index contributed by atoms with van der Waals surface area (Å²) in [5.41, 5.74) is -0.839. The van der Waals surface area contributed by atoms with Gasteiger partial charge in [-0.3, -0.25) is 0 Å². The Morgan fingerprint density at radius 3 is 2.11 bits per heavy atom. The number of fused-ring (bicyclic) bond motifs is 1. The van der Waals surface area contributed by atoms with Crippen LogP contribution < -0.4 is 10.2 Å². The predicted octanol–water partition coefficient (Wildman–Crippen LogP) is 6.22. The first kappa shape index (κ1) is 30.2. The van der Waals surface area contributed by atoms with Crippen molar-refractivity contribution in [3.8, 4) is 0 Å². The van der Waals surface area contributed by atoms with Crippen molar-refractivity contribution in [2.75, 3.05) is 35.5 Å². The Balaban J connectivity index is 2.25. The van der Waals surface area contributed by atoms with Gasteiger partial charge < -0.3 is 19.5 Å². The van der Waals surface area contributed by atoms with Gasteiger partial charge in [-0.25, -0.2) is 29.4 Å². The number of ether oxygens (including phenoxy) is 3. The van der Waals surface area contributed by atoms with E-state index in [4.69, 9.17) is 14.2 Å². The molecule has 0 bridgehead atoms. The molecule has 0 aliphatic heterocycles. The smallest absolute Gasteiger partial charge is 0.425 e. The van der Waals surface area contributed by atoms with Crippen molar-refractivity contribution in [2.45, 2.75) is 66.2 Å². The van der Waals surface area contributed by atoms with Gasteiger partial charge in [-0.1, -0.05) is 19.1 Å². The minimum absolute atomic E-state index is 0.0981. The summed E-state index contributed by atoms with van der Waals surface area (Å²) in [6.45, 7) is 13.1. The number of pyridine rings is 1. The van der Waals surface area contributed by atoms with Crippen LogP contribution in [0.4, 0.5) is 20.2 Å². The second kappa shape index (κ2) is 12.0. The summed E-state index contributed by atoms with van der Waals surface area (Å²) in [5.74, 6) is 2.06. The monoisotopic (exact) mass is 535 g/mol. The van der Waals surface area contributed by atoms with Crippen LogP contribution in [0.25, 0.3) is 10.8 Å². The number of rotatable bonds is 7. The SMILES string of the molecule is CCS(C)(C)CCOC(=O)NCc1ccc2c(N(C(=O)OC(C)(C)C)C(=O)OC(C)(C)C)nccc2c1. The molecule has 206 valence electrons. The van der Waals surface area contributed by atoms with Crippen LogP contribution in [0.1, 0.15) is 54.0 Å². The minimum atomic E-state index is -0.886. The lowest BCUT2D eigenvalue weighted by Crippen LogP contribution is -2.44. The van der Waals surface area contributed by atoms with E-state index in [2.05, 4.69) is 29.7 Å². The first-order chi connectivity index (χ1) is 17.0. The lowest BCUT2D eigenvalue weighted by atomic mass is 10.1. The molecule has 1 aromatic heterocycles. The number of carbonyl (C=O) groups is 3. The molecule has 0 aliphatic rings. The highest BCUT2D eigenvalue weighted by molar-refractivity contribution is 8.32. The van der Waals surface area contributed by atoms with Crippen molar-refractivity contribution in [2.24, 2.45) is 0 Å². The summed E-state index contributed by atoms with van der Waals surface area (Å²) in [4.78, 5) is 43.3. The van der Waals surface area contributed by atoms with Crippen molar-refractivity contribution in [3.05, 3.63) is 36.0 Å². The molecule has 0 aliphatic carbocycles. The van der Waals surface area contributed by atoms with Crippen LogP contribution >= 0.6 is 10.0 Å². The van der Waals surface area contributed by atoms with E-state index in [1.165, 1.54) is 6.20 Å². The van der Waals surface area contributed by atoms with Gasteiger partial charge in [0.15, 0.2) is 5.82 Å². The Hall–Kier alpha value is -3.01. The standard InChI is InChI=1S/C27H41N3O6S/c1-10-37(8,9)16-15-34-23(31)29-18-19-11-12-21-20(17-19)13-14-28-22(21)30(24(32)35-26(2,3)4)25(33)36-27(5,6)7/h11-14,17H,10,15-16,18H2,1-9H3,(H,29,31). The number of aromatic nitrogens is 1. The first-order valence-corrected chi connectivity index (χ1v) is 15.0. The zero-order chi connectivity index (χ0) is 28.0. The highest BCUT2D eigenvalue weighted by Crippen LogP contribution is 2.38. The number of imide groups is 1. The van der Waals surface area contributed by atoms with Gasteiger partial charge in [0.05, 0.1) is 0 Å². The quantitative estimate of drug-likeness (QED) is 0.419. The number of nitrogens with one attached hydrogen (secondary N) is 1. The highest BCUT2D eigenvalue weighted by atomic mass is 32.3. The van der Waals surface area contributed by atoms with Gasteiger partial charge in [0.1, 0.15) is 17.8 Å². The van der Waals surface area contributed by atoms with Crippen molar-refractivity contribution in [3.63, 3.8) is 0 Å². The Morgan fingerprint density at radius 1 is 0.973 bits per heavy atom. The van der Waals surface area contributed by atoms with E-state index in [0.29, 0.717) is 12.0 Å². The van der Waals surface area contributed by atoms with E-state index in [1.807, 2.05) is 6.07 Å². The third-order valence-corrected chi connectivity index (χ3v) is 8.09. The summed E-state index contributed by atoms with van der Waals surface area (Å²) in [6, 6.07) is 7.15. The fourth-order valence-corrected chi connectivity index (χ4v) is 3.91. The fourth-order valence-electron chi connectivity index (χ4n) is 3.09. The number of carbonyl (C=O) groups excluding carboxylic acids is 3. The van der Waals surface area contributed by atoms with Crippen LogP contribution in [0.15, 0.2) is 30.5 Å². The van der Waals surface area contributed by atoms with Crippen LogP contribution in [-0.2, 0) is 20.8 Å². The zero-order valence-electron chi connectivity index (χ0n) is 23.5. The first-order valence-electron chi connectivity index (χ1n) is 12.2. The highest BCUT2D eigenvalue weighted by Gasteiger charge is 2.34. The lowest BCUT2D eigenvalue weighted by Gasteiger charge is -2.28. The molecule has 1 N–H and O–H groups in total. The molecule has 0 unspecified atom stereocenters. The molecule has 37 heavy (non-hydrogen) atoms. The molecule has 0 atom stereocenters. The second-order valence-electron chi connectivity index (χ2n) is 11.2. The average Bonchev–Trinajstić information content (AvgIpc) is 2.75. The van der Waals surface area contributed by atoms with E-state index in [1.54, 1.807) is 59.7 Å². The van der Waals surface area contributed by atoms with Gasteiger partial charge in [0, 0.05) is 23.9 Å². The zero-order valence-corrected chi connectivity index (χ0v) is 24.3. The maximum Gasteiger partial charge on any atom is 0.425 e. The summed E-state index contributed by atoms with van der Waals surface area (Å²) >= 11 is 0. The van der Waals surface area contributed by atoms with Crippen LogP contribution in [0.2, 0.25) is 0 Å². The molecule has 2 aromatic rings. The molecule has 2 rings (SSSR count). The molecular weight excluding hydrogens is 494 g/mol. The van der Waals surface area contributed by atoms with Crippen LogP contribution in [-0.4, -0.2) is 65.1 Å². The largest absolute Gasteiger partial charge is 0.449 e. The maximum absolute atomic E-state index is 13.0. The molecule has 0 fully saturated rings. The van der Waals surface area contributed by atoms with Crippen LogP contribution in [0.3, 0.4) is 0 Å². The van der Waals surface area contributed by atoms with Crippen molar-refractivity contribution in [1.29, 1.82) is 0 Å². The van der Waals surface area contributed by atoms with Crippen molar-refractivity contribution < 1.29 is 28.6 Å². The summed E-state index contributed by atoms with van der Waals surface area (Å²) in [6.07, 6.45) is 3.70. The van der Waals surface area contributed by atoms with Gasteiger partial charge in [0.25, 0.3) is 0 Å². The maximum atomic E-state index is 13.0. The third kappa shape index (κ3) is 9.76. The number of hydrogen-bond acceptors (Lipinski definition) is 7. The Bertz CT molecular complexity index is 1090. The van der Waals surface area contributed by atoms with E-state index < -0.39 is 39.5 Å². The fraction of sp³-hybridized carbons (Fsp3) is 0.556. The van der Waals surface area contributed by atoms with E-state index in [0.717, 1.165) is 27.4 Å². The van der Waals surface area contributed by atoms with Gasteiger partial charge in [-0.05, 0) is 82.9 Å². The average molecular weight is 536 g/mol. The number of nitrogens with zero attached hydrogens (tertiary/aromatic N) is 2. The van der Waals surface area contributed by atoms with E-state index >= 15 is 0 Å². The van der Waals surface area contributed by atoms with E-state index in [-0.39, 0.29) is 12.4 Å². The molecule has 0 radical (unpaired) electrons. The molecule has 1 heterocycles. The second-order valence-corrected chi connectivity index (χ2v) is 15.8. The Kier molecular flexibility index (Phi) is 9.82. The van der Waals surface area contributed by atoms with Gasteiger partial charge in [-0.2, -0.15) is 4.90 Å². The Morgan fingerprint density at radius 2 is 1.57 bits per heavy atom. The molecule has 3 amide bonds. The van der Waals surface area contributed by atoms with Crippen molar-refractivity contribution in [1.82, 2.24) is 10.3 Å². The summed E-state index contributed by atoms with van der Waals surface area (Å²) < 4.78 is 16.3. The van der Waals surface area contributed by atoms with Crippen molar-refractivity contribution >= 4 is 44.9 Å². The van der Waals surface area contributed by atoms with Crippen LogP contribution in [0, 0.1) is 0 Å². The molecule has 1 aromatic carbocycles. The molecule has 0 saturated heterocycles. The third-order valence-electron chi connectivity index (χ3n) is 5.26. The van der Waals surface area contributed by atoms with Gasteiger partial charge in [0.2, 0.25) is 0 Å². The Labute approximate surface area is 221 Å². The summed E-state index contributed by atoms with van der Waals surface area (Å²) in [5, 5.41) is 4.04. The minimum Gasteiger partial charge on any atom is -0.449 e. The molecule has 0 spiro atoms. The summed E-state index contributed by atoms with van der Waals surface area (Å²) in [7, 11) is -0.731. The molecular formula is C27H41N3O6S. The predicted molar refractivity (Wildman–Crippen MR) is 150 cm³/mol. The number of benzene rings is 1. The van der Waals surface area contributed by atoms with Gasteiger partial charge in [-0.15, -0.1) is 0 Å². The normalized spacial score (nSPS) is 12.6. The number of hydrogen-bond donors (Lipinski definition) is 1. The lowest BCUT2D eigenvalue weighted by molar-refractivity contribution is 0.0429. The molecule has 9 nitrogen and oxygen atoms in total. The van der Waals surface area contributed by atoms with E-state index in [9.17, 15) is 14.4 Å². The molecule has 0 saturated carbocycles. The molecule has 10 heteroatoms. The number of anilines is 1. The number of alkyl carbamates (subject to hydrolysis) is 1. The van der Waals surface area contributed by atoms with Crippen LogP contribution in [0.5, 0.6) is 0 Å². The van der Waals surface area contributed by atoms with Gasteiger partial charge >= 0.3 is 18.3 Å².